The minimum absolute atomic E-state index is 0.201. The number of piperidine rings is 1. The second kappa shape index (κ2) is 7.05. The third-order valence-electron chi connectivity index (χ3n) is 3.98. The van der Waals surface area contributed by atoms with E-state index in [9.17, 15) is 4.79 Å². The molecule has 1 fully saturated rings. The molecule has 0 saturated carbocycles. The van der Waals surface area contributed by atoms with Gasteiger partial charge in [-0.3, -0.25) is 0 Å². The van der Waals surface area contributed by atoms with Gasteiger partial charge in [-0.05, 0) is 51.7 Å². The monoisotopic (exact) mass is 348 g/mol. The van der Waals surface area contributed by atoms with Gasteiger partial charge in [0.25, 0.3) is 5.22 Å². The minimum atomic E-state index is -0.434. The van der Waals surface area contributed by atoms with Crippen LogP contribution in [-0.2, 0) is 4.74 Å². The lowest BCUT2D eigenvalue weighted by atomic mass is 9.99. The fourth-order valence-electron chi connectivity index (χ4n) is 2.71. The maximum atomic E-state index is 12.1. The molecule has 0 unspecified atom stereocenters. The normalized spacial score (nSPS) is 16.5. The van der Waals surface area contributed by atoms with Crippen LogP contribution >= 0.6 is 11.8 Å². The van der Waals surface area contributed by atoms with Crippen molar-refractivity contribution in [1.29, 1.82) is 0 Å². The van der Waals surface area contributed by atoms with Crippen LogP contribution in [0.15, 0.2) is 33.9 Å². The van der Waals surface area contributed by atoms with Crippen LogP contribution in [0.4, 0.5) is 4.79 Å². The number of hydrogen-bond donors (Lipinski definition) is 0. The molecule has 2 heterocycles. The van der Waals surface area contributed by atoms with E-state index >= 15 is 0 Å². The van der Waals surface area contributed by atoms with E-state index < -0.39 is 5.60 Å². The van der Waals surface area contributed by atoms with Crippen LogP contribution in [0.1, 0.15) is 33.6 Å². The number of fused-ring (bicyclic) bond motifs is 1. The van der Waals surface area contributed by atoms with Crippen molar-refractivity contribution in [3.63, 3.8) is 0 Å². The van der Waals surface area contributed by atoms with Crippen molar-refractivity contribution in [2.24, 2.45) is 5.92 Å². The van der Waals surface area contributed by atoms with Gasteiger partial charge in [-0.1, -0.05) is 23.9 Å². The summed E-state index contributed by atoms with van der Waals surface area (Å²) in [5, 5.41) is 0.728. The predicted octanol–water partition coefficient (Wildman–Crippen LogP) is 4.57. The zero-order valence-electron chi connectivity index (χ0n) is 14.4. The summed E-state index contributed by atoms with van der Waals surface area (Å²) in [6.45, 7) is 7.21. The van der Waals surface area contributed by atoms with Gasteiger partial charge in [0.1, 0.15) is 11.1 Å². The standard InChI is InChI=1S/C18H24N2O3S/c1-18(2,3)23-17(21)20-10-8-13(9-11-20)12-24-16-19-14-6-4-5-7-15(14)22-16/h4-7,13H,8-12H2,1-3H3. The number of carbonyl (C=O) groups excluding carboxylic acids is 1. The molecule has 5 nitrogen and oxygen atoms in total. The van der Waals surface area contributed by atoms with Gasteiger partial charge >= 0.3 is 6.09 Å². The molecule has 24 heavy (non-hydrogen) atoms. The number of carbonyl (C=O) groups is 1. The Kier molecular flexibility index (Phi) is 5.04. The van der Waals surface area contributed by atoms with E-state index in [-0.39, 0.29) is 6.09 Å². The Morgan fingerprint density at radius 3 is 2.71 bits per heavy atom. The van der Waals surface area contributed by atoms with E-state index in [2.05, 4.69) is 4.98 Å². The molecule has 6 heteroatoms. The Bertz CT molecular complexity index is 667. The van der Waals surface area contributed by atoms with Gasteiger partial charge in [-0.2, -0.15) is 0 Å². The fourth-order valence-corrected chi connectivity index (χ4v) is 3.73. The van der Waals surface area contributed by atoms with Crippen LogP contribution < -0.4 is 0 Å². The smallest absolute Gasteiger partial charge is 0.410 e. The van der Waals surface area contributed by atoms with Crippen LogP contribution in [-0.4, -0.2) is 40.4 Å². The number of benzene rings is 1. The topological polar surface area (TPSA) is 55.6 Å². The number of nitrogens with zero attached hydrogens (tertiary/aromatic N) is 2. The predicted molar refractivity (Wildman–Crippen MR) is 95.3 cm³/mol. The van der Waals surface area contributed by atoms with Crippen molar-refractivity contribution >= 4 is 29.0 Å². The molecule has 1 aliphatic rings. The third-order valence-corrected chi connectivity index (χ3v) is 5.04. The Balaban J connectivity index is 1.46. The Morgan fingerprint density at radius 2 is 2.04 bits per heavy atom. The van der Waals surface area contributed by atoms with Crippen LogP contribution in [0.2, 0.25) is 0 Å². The van der Waals surface area contributed by atoms with Gasteiger partial charge in [0.05, 0.1) is 0 Å². The number of para-hydroxylation sites is 2. The summed E-state index contributed by atoms with van der Waals surface area (Å²) in [7, 11) is 0. The van der Waals surface area contributed by atoms with Gasteiger partial charge in [-0.25, -0.2) is 9.78 Å². The molecule has 0 aliphatic carbocycles. The highest BCUT2D eigenvalue weighted by atomic mass is 32.2. The van der Waals surface area contributed by atoms with Gasteiger partial charge < -0.3 is 14.1 Å². The first-order valence-electron chi connectivity index (χ1n) is 8.37. The number of oxazole rings is 1. The average molecular weight is 348 g/mol. The summed E-state index contributed by atoms with van der Waals surface area (Å²) in [6, 6.07) is 7.81. The number of amides is 1. The first kappa shape index (κ1) is 17.1. The molecule has 130 valence electrons. The molecule has 0 N–H and O–H groups in total. The van der Waals surface area contributed by atoms with Crippen molar-refractivity contribution in [3.8, 4) is 0 Å². The van der Waals surface area contributed by atoms with E-state index in [1.165, 1.54) is 0 Å². The zero-order chi connectivity index (χ0) is 17.2. The molecule has 0 atom stereocenters. The molecule has 0 bridgehead atoms. The van der Waals surface area contributed by atoms with E-state index in [1.54, 1.807) is 11.8 Å². The molecule has 3 rings (SSSR count). The highest BCUT2D eigenvalue weighted by Crippen LogP contribution is 2.28. The molecule has 1 amide bonds. The highest BCUT2D eigenvalue weighted by Gasteiger charge is 2.27. The van der Waals surface area contributed by atoms with Crippen molar-refractivity contribution in [3.05, 3.63) is 24.3 Å². The van der Waals surface area contributed by atoms with Crippen molar-refractivity contribution in [2.45, 2.75) is 44.4 Å². The molecular weight excluding hydrogens is 324 g/mol. The number of hydrogen-bond acceptors (Lipinski definition) is 5. The molecule has 1 saturated heterocycles. The van der Waals surface area contributed by atoms with Gasteiger partial charge in [-0.15, -0.1) is 0 Å². The highest BCUT2D eigenvalue weighted by molar-refractivity contribution is 7.99. The number of rotatable bonds is 3. The lowest BCUT2D eigenvalue weighted by molar-refractivity contribution is 0.0191. The minimum Gasteiger partial charge on any atom is -0.444 e. The SMILES string of the molecule is CC(C)(C)OC(=O)N1CCC(CSc2nc3ccccc3o2)CC1. The fraction of sp³-hybridized carbons (Fsp3) is 0.556. The number of aromatic nitrogens is 1. The number of thioether (sulfide) groups is 1. The first-order chi connectivity index (χ1) is 11.4. The quantitative estimate of drug-likeness (QED) is 0.761. The van der Waals surface area contributed by atoms with Gasteiger partial charge in [0.2, 0.25) is 0 Å². The van der Waals surface area contributed by atoms with E-state index in [4.69, 9.17) is 9.15 Å². The molecular formula is C18H24N2O3S. The summed E-state index contributed by atoms with van der Waals surface area (Å²) in [4.78, 5) is 18.4. The molecule has 0 radical (unpaired) electrons. The second-order valence-corrected chi connectivity index (χ2v) is 8.14. The van der Waals surface area contributed by atoms with Crippen LogP contribution in [0.3, 0.4) is 0 Å². The van der Waals surface area contributed by atoms with Gasteiger partial charge in [0, 0.05) is 18.8 Å². The Morgan fingerprint density at radius 1 is 1.33 bits per heavy atom. The molecule has 1 aromatic carbocycles. The van der Waals surface area contributed by atoms with Crippen LogP contribution in [0.5, 0.6) is 0 Å². The Hall–Kier alpha value is -1.69. The largest absolute Gasteiger partial charge is 0.444 e. The van der Waals surface area contributed by atoms with E-state index in [1.807, 2.05) is 49.9 Å². The lowest BCUT2D eigenvalue weighted by Gasteiger charge is -2.33. The maximum absolute atomic E-state index is 12.1. The Labute approximate surface area is 146 Å². The summed E-state index contributed by atoms with van der Waals surface area (Å²) in [5.41, 5.74) is 1.30. The molecule has 0 spiro atoms. The van der Waals surface area contributed by atoms with Crippen molar-refractivity contribution in [1.82, 2.24) is 9.88 Å². The number of ether oxygens (including phenoxy) is 1. The summed E-state index contributed by atoms with van der Waals surface area (Å²) >= 11 is 1.66. The summed E-state index contributed by atoms with van der Waals surface area (Å²) in [6.07, 6.45) is 1.78. The first-order valence-corrected chi connectivity index (χ1v) is 9.35. The average Bonchev–Trinajstić information content (AvgIpc) is 2.94. The van der Waals surface area contributed by atoms with E-state index in [0.717, 1.165) is 48.0 Å². The maximum Gasteiger partial charge on any atom is 0.410 e. The summed E-state index contributed by atoms with van der Waals surface area (Å²) < 4.78 is 11.2. The second-order valence-electron chi connectivity index (χ2n) is 7.17. The van der Waals surface area contributed by atoms with Crippen molar-refractivity contribution in [2.75, 3.05) is 18.8 Å². The molecule has 1 aromatic heterocycles. The summed E-state index contributed by atoms with van der Waals surface area (Å²) in [5.74, 6) is 1.54. The van der Waals surface area contributed by atoms with Crippen LogP contribution in [0.25, 0.3) is 11.1 Å². The molecule has 2 aromatic rings. The zero-order valence-corrected chi connectivity index (χ0v) is 15.3. The number of likely N-dealkylation sites (tertiary alicyclic amines) is 1. The van der Waals surface area contributed by atoms with Gasteiger partial charge in [0.15, 0.2) is 5.58 Å². The molecule has 1 aliphatic heterocycles. The van der Waals surface area contributed by atoms with E-state index in [0.29, 0.717) is 5.92 Å². The van der Waals surface area contributed by atoms with Crippen LogP contribution in [0, 0.1) is 5.92 Å². The van der Waals surface area contributed by atoms with Crippen molar-refractivity contribution < 1.29 is 13.9 Å². The lowest BCUT2D eigenvalue weighted by Crippen LogP contribution is -2.42. The third kappa shape index (κ3) is 4.44.